The molecule has 17 heavy (non-hydrogen) atoms. The zero-order valence-electron chi connectivity index (χ0n) is 10.3. The molecular formula is C11H19F3O3. The molecule has 0 aromatic heterocycles. The normalized spacial score (nSPS) is 12.1. The maximum atomic E-state index is 11.0. The first-order chi connectivity index (χ1) is 7.76. The summed E-state index contributed by atoms with van der Waals surface area (Å²) in [6.45, 7) is 4.29. The Bertz CT molecular complexity index is 208. The highest BCUT2D eigenvalue weighted by Gasteiger charge is 2.17. The minimum absolute atomic E-state index is 0.188. The van der Waals surface area contributed by atoms with Crippen LogP contribution in [0.4, 0.5) is 13.2 Å². The Morgan fingerprint density at radius 3 is 2.12 bits per heavy atom. The van der Waals surface area contributed by atoms with Crippen molar-refractivity contribution in [3.05, 3.63) is 0 Å². The van der Waals surface area contributed by atoms with Crippen molar-refractivity contribution in [2.45, 2.75) is 46.2 Å². The van der Waals surface area contributed by atoms with Crippen LogP contribution in [0.15, 0.2) is 0 Å². The summed E-state index contributed by atoms with van der Waals surface area (Å²) in [7, 11) is 0. The number of unbranched alkanes of at least 4 members (excludes halogenated alkanes) is 1. The summed E-state index contributed by atoms with van der Waals surface area (Å²) in [5.74, 6) is -0.939. The number of esters is 1. The van der Waals surface area contributed by atoms with E-state index in [0.717, 1.165) is 12.8 Å². The predicted octanol–water partition coefficient (Wildman–Crippen LogP) is 3.12. The van der Waals surface area contributed by atoms with E-state index >= 15 is 0 Å². The Morgan fingerprint density at radius 1 is 1.35 bits per heavy atom. The SMILES string of the molecule is CC(F)(F)F.CCCCC(C=O)C(=O)OCC. The summed E-state index contributed by atoms with van der Waals surface area (Å²) in [6.07, 6.45) is -0.835. The van der Waals surface area contributed by atoms with Gasteiger partial charge in [0, 0.05) is 6.92 Å². The van der Waals surface area contributed by atoms with Crippen LogP contribution in [0.25, 0.3) is 0 Å². The van der Waals surface area contributed by atoms with Gasteiger partial charge in [0.1, 0.15) is 12.2 Å². The van der Waals surface area contributed by atoms with Crippen molar-refractivity contribution in [3.63, 3.8) is 0 Å². The van der Waals surface area contributed by atoms with E-state index in [-0.39, 0.29) is 12.9 Å². The summed E-state index contributed by atoms with van der Waals surface area (Å²) in [4.78, 5) is 21.5. The van der Waals surface area contributed by atoms with E-state index in [2.05, 4.69) is 0 Å². The number of aldehydes is 1. The molecule has 0 saturated heterocycles. The first kappa shape index (κ1) is 18.3. The molecule has 0 fully saturated rings. The number of carbonyl (C=O) groups excluding carboxylic acids is 2. The molecule has 0 aliphatic rings. The summed E-state index contributed by atoms with van der Waals surface area (Å²) in [6, 6.07) is 0. The van der Waals surface area contributed by atoms with Crippen molar-refractivity contribution in [2.24, 2.45) is 5.92 Å². The Labute approximate surface area is 99.3 Å². The van der Waals surface area contributed by atoms with Crippen LogP contribution in [0, 0.1) is 5.92 Å². The Hall–Kier alpha value is -1.07. The smallest absolute Gasteiger partial charge is 0.386 e. The maximum Gasteiger partial charge on any atom is 0.386 e. The molecule has 6 heteroatoms. The molecule has 102 valence electrons. The Morgan fingerprint density at radius 2 is 1.82 bits per heavy atom. The summed E-state index contributed by atoms with van der Waals surface area (Å²) in [5, 5.41) is 0. The van der Waals surface area contributed by atoms with Gasteiger partial charge in [0.2, 0.25) is 0 Å². The molecule has 0 spiro atoms. The van der Waals surface area contributed by atoms with E-state index in [0.29, 0.717) is 19.3 Å². The third kappa shape index (κ3) is 17.5. The second-order valence-corrected chi connectivity index (χ2v) is 3.42. The van der Waals surface area contributed by atoms with E-state index in [1.165, 1.54) is 0 Å². The van der Waals surface area contributed by atoms with Crippen molar-refractivity contribution >= 4 is 12.3 Å². The fourth-order valence-corrected chi connectivity index (χ4v) is 0.915. The van der Waals surface area contributed by atoms with Crippen molar-refractivity contribution < 1.29 is 27.5 Å². The van der Waals surface area contributed by atoms with Gasteiger partial charge in [-0.25, -0.2) is 0 Å². The van der Waals surface area contributed by atoms with Gasteiger partial charge in [0.05, 0.1) is 6.61 Å². The number of ether oxygens (including phenoxy) is 1. The van der Waals surface area contributed by atoms with Gasteiger partial charge in [-0.05, 0) is 13.3 Å². The quantitative estimate of drug-likeness (QED) is 0.416. The molecule has 1 atom stereocenters. The highest BCUT2D eigenvalue weighted by Crippen LogP contribution is 2.10. The number of rotatable bonds is 6. The number of halogens is 3. The zero-order chi connectivity index (χ0) is 13.9. The van der Waals surface area contributed by atoms with Crippen LogP contribution in [-0.4, -0.2) is 25.0 Å². The second-order valence-electron chi connectivity index (χ2n) is 3.42. The topological polar surface area (TPSA) is 43.4 Å². The van der Waals surface area contributed by atoms with Gasteiger partial charge in [-0.2, -0.15) is 13.2 Å². The van der Waals surface area contributed by atoms with Crippen LogP contribution in [0.1, 0.15) is 40.0 Å². The Balaban J connectivity index is 0. The van der Waals surface area contributed by atoms with Crippen LogP contribution < -0.4 is 0 Å². The van der Waals surface area contributed by atoms with Gasteiger partial charge in [0.15, 0.2) is 0 Å². The first-order valence-electron chi connectivity index (χ1n) is 5.44. The van der Waals surface area contributed by atoms with E-state index in [4.69, 9.17) is 4.74 Å². The van der Waals surface area contributed by atoms with E-state index in [1.54, 1.807) is 6.92 Å². The largest absolute Gasteiger partial charge is 0.465 e. The van der Waals surface area contributed by atoms with Crippen LogP contribution in [-0.2, 0) is 14.3 Å². The molecule has 1 unspecified atom stereocenters. The minimum atomic E-state index is -4.00. The fourth-order valence-electron chi connectivity index (χ4n) is 0.915. The monoisotopic (exact) mass is 256 g/mol. The minimum Gasteiger partial charge on any atom is -0.465 e. The summed E-state index contributed by atoms with van der Waals surface area (Å²) >= 11 is 0. The molecular weight excluding hydrogens is 237 g/mol. The van der Waals surface area contributed by atoms with E-state index < -0.39 is 12.1 Å². The molecule has 0 aliphatic carbocycles. The highest BCUT2D eigenvalue weighted by molar-refractivity contribution is 5.87. The van der Waals surface area contributed by atoms with Crippen molar-refractivity contribution in [1.82, 2.24) is 0 Å². The summed E-state index contributed by atoms with van der Waals surface area (Å²) < 4.78 is 35.8. The van der Waals surface area contributed by atoms with Crippen LogP contribution in [0.5, 0.6) is 0 Å². The molecule has 0 bridgehead atoms. The third-order valence-corrected chi connectivity index (χ3v) is 1.62. The molecule has 0 saturated carbocycles. The molecule has 3 nitrogen and oxygen atoms in total. The van der Waals surface area contributed by atoms with Crippen LogP contribution >= 0.6 is 0 Å². The van der Waals surface area contributed by atoms with Crippen molar-refractivity contribution in [3.8, 4) is 0 Å². The highest BCUT2D eigenvalue weighted by atomic mass is 19.4. The maximum absolute atomic E-state index is 11.0. The third-order valence-electron chi connectivity index (χ3n) is 1.62. The van der Waals surface area contributed by atoms with Crippen LogP contribution in [0.3, 0.4) is 0 Å². The average Bonchev–Trinajstić information content (AvgIpc) is 2.17. The molecule has 0 aliphatic heterocycles. The molecule has 0 aromatic carbocycles. The standard InChI is InChI=1S/C9H16O3.C2H3F3/c1-3-5-6-8(7-10)9(11)12-4-2;1-2(3,4)5/h7-8H,3-6H2,1-2H3;1H3. The predicted molar refractivity (Wildman–Crippen MR) is 57.4 cm³/mol. The lowest BCUT2D eigenvalue weighted by molar-refractivity contribution is -0.149. The van der Waals surface area contributed by atoms with Gasteiger partial charge in [-0.3, -0.25) is 4.79 Å². The number of hydrogen-bond donors (Lipinski definition) is 0. The molecule has 0 radical (unpaired) electrons. The molecule has 0 aromatic rings. The van der Waals surface area contributed by atoms with Gasteiger partial charge < -0.3 is 9.53 Å². The van der Waals surface area contributed by atoms with Gasteiger partial charge >= 0.3 is 12.1 Å². The lowest BCUT2D eigenvalue weighted by atomic mass is 10.0. The van der Waals surface area contributed by atoms with Crippen molar-refractivity contribution in [2.75, 3.05) is 6.61 Å². The van der Waals surface area contributed by atoms with E-state index in [1.807, 2.05) is 6.92 Å². The first-order valence-corrected chi connectivity index (χ1v) is 5.44. The number of alkyl halides is 3. The van der Waals surface area contributed by atoms with E-state index in [9.17, 15) is 22.8 Å². The lowest BCUT2D eigenvalue weighted by Gasteiger charge is -2.07. The zero-order valence-corrected chi connectivity index (χ0v) is 10.3. The summed E-state index contributed by atoms with van der Waals surface area (Å²) in [5.41, 5.74) is 0. The van der Waals surface area contributed by atoms with Crippen LogP contribution in [0.2, 0.25) is 0 Å². The van der Waals surface area contributed by atoms with Gasteiger partial charge in [0.25, 0.3) is 0 Å². The fraction of sp³-hybridized carbons (Fsp3) is 0.818. The second kappa shape index (κ2) is 10.1. The van der Waals surface area contributed by atoms with Gasteiger partial charge in [-0.1, -0.05) is 19.8 Å². The molecule has 0 amide bonds. The van der Waals surface area contributed by atoms with Crippen molar-refractivity contribution in [1.29, 1.82) is 0 Å². The Kier molecular flexibility index (Phi) is 10.9. The molecule has 0 rings (SSSR count). The van der Waals surface area contributed by atoms with Gasteiger partial charge in [-0.15, -0.1) is 0 Å². The average molecular weight is 256 g/mol. The lowest BCUT2D eigenvalue weighted by Crippen LogP contribution is -2.18. The number of hydrogen-bond acceptors (Lipinski definition) is 3. The number of carbonyl (C=O) groups is 2. The molecule has 0 heterocycles. The molecule has 0 N–H and O–H groups in total.